The quantitative estimate of drug-likeness (QED) is 0.846. The van der Waals surface area contributed by atoms with Crippen LogP contribution in [0.4, 0.5) is 0 Å². The molecule has 4 heteroatoms. The maximum Gasteiger partial charge on any atom is 0.0595 e. The number of benzene rings is 1. The molecule has 17 heavy (non-hydrogen) atoms. The van der Waals surface area contributed by atoms with Crippen LogP contribution >= 0.6 is 35.6 Å². The molecule has 2 rings (SSSR count). The normalized spacial score (nSPS) is 18.5. The lowest BCUT2D eigenvalue weighted by Gasteiger charge is -2.28. The highest BCUT2D eigenvalue weighted by atomic mass is 35.5. The zero-order valence-corrected chi connectivity index (χ0v) is 12.2. The van der Waals surface area contributed by atoms with E-state index in [9.17, 15) is 0 Å². The first-order chi connectivity index (χ1) is 7.68. The minimum Gasteiger partial charge on any atom is -0.317 e. The zero-order chi connectivity index (χ0) is 11.5. The standard InChI is InChI=1S/C13H17Cl2N.ClH/c1-9(10-4-6-16-7-5-10)11-2-3-12(14)13(15)8-11;/h2-3,8-10,16H,4-7H2,1H3;1H. The fourth-order valence-corrected chi connectivity index (χ4v) is 2.72. The van der Waals surface area contributed by atoms with Gasteiger partial charge in [-0.25, -0.2) is 0 Å². The van der Waals surface area contributed by atoms with Crippen LogP contribution in [-0.4, -0.2) is 13.1 Å². The smallest absolute Gasteiger partial charge is 0.0595 e. The molecule has 1 saturated heterocycles. The average Bonchev–Trinajstić information content (AvgIpc) is 2.33. The van der Waals surface area contributed by atoms with Gasteiger partial charge in [0, 0.05) is 0 Å². The molecule has 96 valence electrons. The SMILES string of the molecule is CC(c1ccc(Cl)c(Cl)c1)C1CCNCC1.Cl. The molecule has 1 aromatic rings. The molecule has 1 aliphatic rings. The lowest BCUT2D eigenvalue weighted by molar-refractivity contribution is 0.330. The first-order valence-electron chi connectivity index (χ1n) is 5.84. The van der Waals surface area contributed by atoms with Crippen LogP contribution in [0.3, 0.4) is 0 Å². The van der Waals surface area contributed by atoms with E-state index in [1.165, 1.54) is 18.4 Å². The summed E-state index contributed by atoms with van der Waals surface area (Å²) in [6.45, 7) is 4.56. The number of hydrogen-bond acceptors (Lipinski definition) is 1. The average molecular weight is 295 g/mol. The van der Waals surface area contributed by atoms with Gasteiger partial charge in [-0.2, -0.15) is 0 Å². The summed E-state index contributed by atoms with van der Waals surface area (Å²) in [5.74, 6) is 1.33. The Labute approximate surface area is 119 Å². The second kappa shape index (κ2) is 6.84. The largest absolute Gasteiger partial charge is 0.317 e. The van der Waals surface area contributed by atoms with Gasteiger partial charge in [0.15, 0.2) is 0 Å². The molecule has 1 nitrogen and oxygen atoms in total. The number of nitrogens with one attached hydrogen (secondary N) is 1. The Morgan fingerprint density at radius 3 is 2.41 bits per heavy atom. The highest BCUT2D eigenvalue weighted by molar-refractivity contribution is 6.42. The van der Waals surface area contributed by atoms with Gasteiger partial charge in [0.25, 0.3) is 0 Å². The second-order valence-electron chi connectivity index (χ2n) is 4.55. The Hall–Kier alpha value is 0.0500. The summed E-state index contributed by atoms with van der Waals surface area (Å²) >= 11 is 12.0. The van der Waals surface area contributed by atoms with E-state index >= 15 is 0 Å². The molecule has 1 atom stereocenters. The lowest BCUT2D eigenvalue weighted by Crippen LogP contribution is -2.30. The van der Waals surface area contributed by atoms with Gasteiger partial charge in [-0.1, -0.05) is 36.2 Å². The van der Waals surface area contributed by atoms with Gasteiger partial charge >= 0.3 is 0 Å². The van der Waals surface area contributed by atoms with Gasteiger partial charge in [-0.15, -0.1) is 12.4 Å². The predicted octanol–water partition coefficient (Wildman–Crippen LogP) is 4.52. The number of halogens is 3. The highest BCUT2D eigenvalue weighted by Gasteiger charge is 2.21. The Kier molecular flexibility index (Phi) is 6.08. The molecule has 1 aliphatic heterocycles. The minimum atomic E-state index is 0. The summed E-state index contributed by atoms with van der Waals surface area (Å²) < 4.78 is 0. The van der Waals surface area contributed by atoms with Gasteiger partial charge in [-0.05, 0) is 55.5 Å². The molecule has 0 aromatic heterocycles. The van der Waals surface area contributed by atoms with E-state index < -0.39 is 0 Å². The molecular formula is C13H18Cl3N. The van der Waals surface area contributed by atoms with E-state index in [1.807, 2.05) is 12.1 Å². The van der Waals surface area contributed by atoms with Crippen LogP contribution in [0, 0.1) is 5.92 Å². The van der Waals surface area contributed by atoms with Crippen molar-refractivity contribution in [3.63, 3.8) is 0 Å². The molecule has 0 aliphatic carbocycles. The first kappa shape index (κ1) is 15.1. The van der Waals surface area contributed by atoms with Crippen molar-refractivity contribution in [2.24, 2.45) is 5.92 Å². The van der Waals surface area contributed by atoms with Crippen molar-refractivity contribution in [2.75, 3.05) is 13.1 Å². The molecule has 1 aromatic carbocycles. The van der Waals surface area contributed by atoms with E-state index in [-0.39, 0.29) is 12.4 Å². The fourth-order valence-electron chi connectivity index (χ4n) is 2.41. The Morgan fingerprint density at radius 2 is 1.82 bits per heavy atom. The Bertz CT molecular complexity index is 362. The van der Waals surface area contributed by atoms with E-state index in [2.05, 4.69) is 18.3 Å². The van der Waals surface area contributed by atoms with Crippen molar-refractivity contribution in [1.29, 1.82) is 0 Å². The Balaban J connectivity index is 0.00000144. The second-order valence-corrected chi connectivity index (χ2v) is 5.36. The molecule has 0 spiro atoms. The highest BCUT2D eigenvalue weighted by Crippen LogP contribution is 2.33. The molecule has 1 fully saturated rings. The molecule has 1 N–H and O–H groups in total. The van der Waals surface area contributed by atoms with Gasteiger partial charge in [-0.3, -0.25) is 0 Å². The van der Waals surface area contributed by atoms with Crippen molar-refractivity contribution in [1.82, 2.24) is 5.32 Å². The number of rotatable bonds is 2. The summed E-state index contributed by atoms with van der Waals surface area (Å²) in [7, 11) is 0. The minimum absolute atomic E-state index is 0. The van der Waals surface area contributed by atoms with E-state index in [1.54, 1.807) is 0 Å². The molecule has 1 heterocycles. The molecule has 0 saturated carbocycles. The molecule has 1 unspecified atom stereocenters. The first-order valence-corrected chi connectivity index (χ1v) is 6.59. The van der Waals surface area contributed by atoms with Gasteiger partial charge in [0.05, 0.1) is 10.0 Å². The third-order valence-corrected chi connectivity index (χ3v) is 4.30. The van der Waals surface area contributed by atoms with Crippen molar-refractivity contribution in [2.45, 2.75) is 25.7 Å². The third kappa shape index (κ3) is 3.75. The summed E-state index contributed by atoms with van der Waals surface area (Å²) in [4.78, 5) is 0. The molecular weight excluding hydrogens is 277 g/mol. The van der Waals surface area contributed by atoms with Crippen LogP contribution < -0.4 is 5.32 Å². The summed E-state index contributed by atoms with van der Waals surface area (Å²) in [5, 5.41) is 4.70. The van der Waals surface area contributed by atoms with E-state index in [4.69, 9.17) is 23.2 Å². The summed E-state index contributed by atoms with van der Waals surface area (Å²) in [6.07, 6.45) is 2.50. The fraction of sp³-hybridized carbons (Fsp3) is 0.538. The van der Waals surface area contributed by atoms with Crippen LogP contribution in [0.15, 0.2) is 18.2 Å². The lowest BCUT2D eigenvalue weighted by atomic mass is 9.82. The van der Waals surface area contributed by atoms with Crippen LogP contribution in [0.1, 0.15) is 31.2 Å². The number of hydrogen-bond donors (Lipinski definition) is 1. The van der Waals surface area contributed by atoms with Crippen LogP contribution in [0.5, 0.6) is 0 Å². The topological polar surface area (TPSA) is 12.0 Å². The summed E-state index contributed by atoms with van der Waals surface area (Å²) in [6, 6.07) is 6.01. The molecule has 0 amide bonds. The maximum absolute atomic E-state index is 6.05. The van der Waals surface area contributed by atoms with Crippen molar-refractivity contribution in [3.8, 4) is 0 Å². The maximum atomic E-state index is 6.05. The van der Waals surface area contributed by atoms with E-state index in [0.29, 0.717) is 16.0 Å². The van der Waals surface area contributed by atoms with Gasteiger partial charge in [0.1, 0.15) is 0 Å². The predicted molar refractivity (Wildman–Crippen MR) is 77.7 cm³/mol. The van der Waals surface area contributed by atoms with Crippen molar-refractivity contribution in [3.05, 3.63) is 33.8 Å². The monoisotopic (exact) mass is 293 g/mol. The molecule has 0 bridgehead atoms. The van der Waals surface area contributed by atoms with Crippen molar-refractivity contribution < 1.29 is 0 Å². The van der Waals surface area contributed by atoms with E-state index in [0.717, 1.165) is 19.0 Å². The van der Waals surface area contributed by atoms with Crippen molar-refractivity contribution >= 4 is 35.6 Å². The number of piperidine rings is 1. The van der Waals surface area contributed by atoms with Crippen LogP contribution in [-0.2, 0) is 0 Å². The molecule has 0 radical (unpaired) electrons. The van der Waals surface area contributed by atoms with Gasteiger partial charge < -0.3 is 5.32 Å². The zero-order valence-electron chi connectivity index (χ0n) is 9.88. The van der Waals surface area contributed by atoms with Gasteiger partial charge in [0.2, 0.25) is 0 Å². The van der Waals surface area contributed by atoms with Crippen LogP contribution in [0.2, 0.25) is 10.0 Å². The Morgan fingerprint density at radius 1 is 1.18 bits per heavy atom. The summed E-state index contributed by atoms with van der Waals surface area (Å²) in [5.41, 5.74) is 1.31. The van der Waals surface area contributed by atoms with Crippen LogP contribution in [0.25, 0.3) is 0 Å². The third-order valence-electron chi connectivity index (χ3n) is 3.56.